The predicted molar refractivity (Wildman–Crippen MR) is 76.8 cm³/mol. The summed E-state index contributed by atoms with van der Waals surface area (Å²) >= 11 is 1.29. The van der Waals surface area contributed by atoms with Crippen molar-refractivity contribution in [2.24, 2.45) is 5.92 Å². The summed E-state index contributed by atoms with van der Waals surface area (Å²) in [6, 6.07) is 7.59. The Balaban J connectivity index is 1.54. The van der Waals surface area contributed by atoms with E-state index in [0.29, 0.717) is 11.7 Å². The number of aromatic nitrogens is 2. The Morgan fingerprint density at radius 3 is 3.14 bits per heavy atom. The highest BCUT2D eigenvalue weighted by Gasteiger charge is 2.44. The fourth-order valence-electron chi connectivity index (χ4n) is 2.81. The normalized spacial score (nSPS) is 26.6. The molecule has 1 aromatic heterocycles. The van der Waals surface area contributed by atoms with Gasteiger partial charge in [-0.05, 0) is 6.07 Å². The van der Waals surface area contributed by atoms with Crippen molar-refractivity contribution in [3.05, 3.63) is 35.3 Å². The van der Waals surface area contributed by atoms with Crippen LogP contribution in [-0.2, 0) is 4.79 Å². The molecule has 0 bridgehead atoms. The number of amides is 1. The van der Waals surface area contributed by atoms with E-state index in [-0.39, 0.29) is 23.9 Å². The topological polar surface area (TPSA) is 88.2 Å². The minimum absolute atomic E-state index is 0.0350. The third kappa shape index (κ3) is 2.17. The van der Waals surface area contributed by atoms with Crippen LogP contribution in [0.5, 0.6) is 5.75 Å². The van der Waals surface area contributed by atoms with Crippen LogP contribution < -0.4 is 20.9 Å². The Labute approximate surface area is 124 Å². The van der Waals surface area contributed by atoms with Crippen molar-refractivity contribution in [1.82, 2.24) is 21.0 Å². The van der Waals surface area contributed by atoms with Gasteiger partial charge in [0.1, 0.15) is 17.3 Å². The van der Waals surface area contributed by atoms with E-state index in [9.17, 15) is 4.79 Å². The van der Waals surface area contributed by atoms with Crippen LogP contribution in [0.4, 0.5) is 5.13 Å². The molecular weight excluding hydrogens is 290 g/mol. The number of hydrogen-bond acceptors (Lipinski definition) is 7. The summed E-state index contributed by atoms with van der Waals surface area (Å²) in [5, 5.41) is 10.8. The fourth-order valence-corrected chi connectivity index (χ4v) is 3.26. The number of nitrogens with one attached hydrogen (secondary N) is 3. The number of hydrazine groups is 1. The highest BCUT2D eigenvalue weighted by molar-refractivity contribution is 7.13. The van der Waals surface area contributed by atoms with Crippen molar-refractivity contribution in [1.29, 1.82) is 0 Å². The van der Waals surface area contributed by atoms with Gasteiger partial charge in [0.15, 0.2) is 0 Å². The van der Waals surface area contributed by atoms with E-state index >= 15 is 0 Å². The molecule has 0 saturated carbocycles. The molecule has 1 amide bonds. The quantitative estimate of drug-likeness (QED) is 0.757. The van der Waals surface area contributed by atoms with Gasteiger partial charge in [0.25, 0.3) is 0 Å². The summed E-state index contributed by atoms with van der Waals surface area (Å²) < 4.78 is 5.77. The number of para-hydroxylation sites is 1. The number of benzene rings is 1. The van der Waals surface area contributed by atoms with Crippen molar-refractivity contribution < 1.29 is 9.53 Å². The van der Waals surface area contributed by atoms with E-state index in [1.807, 2.05) is 24.3 Å². The number of hydrogen-bond donors (Lipinski definition) is 3. The molecule has 4 rings (SSSR count). The highest BCUT2D eigenvalue weighted by Crippen LogP contribution is 2.39. The second kappa shape index (κ2) is 5.06. The Morgan fingerprint density at radius 1 is 1.38 bits per heavy atom. The minimum atomic E-state index is -0.368. The first-order valence-electron chi connectivity index (χ1n) is 6.63. The lowest BCUT2D eigenvalue weighted by Gasteiger charge is -2.29. The molecule has 0 aliphatic carbocycles. The molecule has 21 heavy (non-hydrogen) atoms. The average molecular weight is 303 g/mol. The fraction of sp³-hybridized carbons (Fsp3) is 0.308. The number of rotatable bonds is 2. The van der Waals surface area contributed by atoms with Gasteiger partial charge in [0.2, 0.25) is 11.0 Å². The van der Waals surface area contributed by atoms with E-state index in [4.69, 9.17) is 4.74 Å². The molecule has 3 heterocycles. The maximum Gasteiger partial charge on any atom is 0.245 e. The molecule has 2 aliphatic heterocycles. The molecule has 0 radical (unpaired) electrons. The zero-order valence-corrected chi connectivity index (χ0v) is 11.8. The van der Waals surface area contributed by atoms with Gasteiger partial charge in [-0.2, -0.15) is 0 Å². The zero-order valence-electron chi connectivity index (χ0n) is 10.9. The van der Waals surface area contributed by atoms with Gasteiger partial charge in [-0.25, -0.2) is 10.9 Å². The second-order valence-corrected chi connectivity index (χ2v) is 5.82. The average Bonchev–Trinajstić information content (AvgIpc) is 3.15. The van der Waals surface area contributed by atoms with E-state index in [1.54, 1.807) is 5.51 Å². The van der Waals surface area contributed by atoms with Crippen LogP contribution >= 0.6 is 11.3 Å². The predicted octanol–water partition coefficient (Wildman–Crippen LogP) is 0.703. The van der Waals surface area contributed by atoms with Gasteiger partial charge in [-0.1, -0.05) is 29.5 Å². The smallest absolute Gasteiger partial charge is 0.245 e. The van der Waals surface area contributed by atoms with Crippen LogP contribution in [0.2, 0.25) is 0 Å². The van der Waals surface area contributed by atoms with Gasteiger partial charge >= 0.3 is 0 Å². The van der Waals surface area contributed by atoms with Crippen LogP contribution in [0.1, 0.15) is 11.6 Å². The van der Waals surface area contributed by atoms with Crippen LogP contribution in [-0.4, -0.2) is 28.8 Å². The summed E-state index contributed by atoms with van der Waals surface area (Å²) in [7, 11) is 0. The van der Waals surface area contributed by atoms with E-state index < -0.39 is 0 Å². The van der Waals surface area contributed by atoms with E-state index in [0.717, 1.165) is 11.3 Å². The standard InChI is InChI=1S/C13H13N5O2S/c19-12(15-13-18-14-6-21-13)11-8-5-20-9-4-2-1-3-7(9)10(8)16-17-11/h1-4,6,8,10-11,16-17H,5H2,(H,15,18,19). The van der Waals surface area contributed by atoms with Crippen molar-refractivity contribution in [2.75, 3.05) is 11.9 Å². The molecule has 0 spiro atoms. The maximum atomic E-state index is 12.3. The van der Waals surface area contributed by atoms with Crippen molar-refractivity contribution in [3.63, 3.8) is 0 Å². The number of carbonyl (C=O) groups is 1. The highest BCUT2D eigenvalue weighted by atomic mass is 32.1. The van der Waals surface area contributed by atoms with Gasteiger partial charge in [-0.15, -0.1) is 10.2 Å². The molecule has 3 atom stereocenters. The molecule has 2 aromatic rings. The molecule has 7 nitrogen and oxygen atoms in total. The Morgan fingerprint density at radius 2 is 2.29 bits per heavy atom. The number of ether oxygens (including phenoxy) is 1. The van der Waals surface area contributed by atoms with Crippen LogP contribution in [0.25, 0.3) is 0 Å². The van der Waals surface area contributed by atoms with Crippen molar-refractivity contribution in [3.8, 4) is 5.75 Å². The van der Waals surface area contributed by atoms with Crippen LogP contribution in [0.15, 0.2) is 29.8 Å². The number of carbonyl (C=O) groups excluding carboxylic acids is 1. The van der Waals surface area contributed by atoms with Gasteiger partial charge in [-0.3, -0.25) is 10.1 Å². The molecule has 2 aliphatic rings. The summed E-state index contributed by atoms with van der Waals surface area (Å²) in [5.74, 6) is 0.779. The number of anilines is 1. The van der Waals surface area contributed by atoms with Crippen LogP contribution in [0.3, 0.4) is 0 Å². The summed E-state index contributed by atoms with van der Waals surface area (Å²) in [6.45, 7) is 0.496. The van der Waals surface area contributed by atoms with Crippen molar-refractivity contribution >= 4 is 22.4 Å². The monoisotopic (exact) mass is 303 g/mol. The summed E-state index contributed by atoms with van der Waals surface area (Å²) in [5.41, 5.74) is 8.93. The first kappa shape index (κ1) is 12.7. The molecule has 1 fully saturated rings. The maximum absolute atomic E-state index is 12.3. The van der Waals surface area contributed by atoms with Crippen molar-refractivity contribution in [2.45, 2.75) is 12.1 Å². The lowest BCUT2D eigenvalue weighted by Crippen LogP contribution is -2.43. The molecule has 1 saturated heterocycles. The largest absolute Gasteiger partial charge is 0.493 e. The Hall–Kier alpha value is -2.03. The number of nitrogens with zero attached hydrogens (tertiary/aromatic N) is 2. The van der Waals surface area contributed by atoms with Gasteiger partial charge in [0.05, 0.1) is 12.6 Å². The minimum Gasteiger partial charge on any atom is -0.493 e. The Kier molecular flexibility index (Phi) is 3.06. The first-order chi connectivity index (χ1) is 10.3. The Bertz CT molecular complexity index is 662. The van der Waals surface area contributed by atoms with E-state index in [1.165, 1.54) is 11.3 Å². The summed E-state index contributed by atoms with van der Waals surface area (Å²) in [4.78, 5) is 12.3. The third-order valence-corrected chi connectivity index (χ3v) is 4.42. The summed E-state index contributed by atoms with van der Waals surface area (Å²) in [6.07, 6.45) is 0. The number of fused-ring (bicyclic) bond motifs is 3. The molecule has 3 N–H and O–H groups in total. The lowest BCUT2D eigenvalue weighted by atomic mass is 9.87. The molecule has 8 heteroatoms. The molecule has 1 aromatic carbocycles. The molecule has 3 unspecified atom stereocenters. The SMILES string of the molecule is O=C(Nc1nncs1)C1NNC2c3ccccc3OCC12. The third-order valence-electron chi connectivity index (χ3n) is 3.81. The lowest BCUT2D eigenvalue weighted by molar-refractivity contribution is -0.119. The van der Waals surface area contributed by atoms with Crippen LogP contribution in [0, 0.1) is 5.92 Å². The molecule has 108 valence electrons. The molecular formula is C13H13N5O2S. The first-order valence-corrected chi connectivity index (χ1v) is 7.51. The zero-order chi connectivity index (χ0) is 14.2. The van der Waals surface area contributed by atoms with E-state index in [2.05, 4.69) is 26.4 Å². The van der Waals surface area contributed by atoms with Gasteiger partial charge in [0, 0.05) is 11.5 Å². The second-order valence-electron chi connectivity index (χ2n) is 4.99. The van der Waals surface area contributed by atoms with Gasteiger partial charge < -0.3 is 4.74 Å².